The highest BCUT2D eigenvalue weighted by molar-refractivity contribution is 5.74. The quantitative estimate of drug-likeness (QED) is 0.793. The monoisotopic (exact) mass is 233 g/mol. The fourth-order valence-electron chi connectivity index (χ4n) is 1.79. The largest absolute Gasteiger partial charge is 0.495 e. The van der Waals surface area contributed by atoms with E-state index in [1.165, 1.54) is 0 Å². The van der Waals surface area contributed by atoms with Crippen LogP contribution in [0.3, 0.4) is 0 Å². The van der Waals surface area contributed by atoms with Crippen LogP contribution < -0.4 is 15.4 Å². The zero-order valence-electron chi connectivity index (χ0n) is 10.6. The van der Waals surface area contributed by atoms with Gasteiger partial charge in [0, 0.05) is 12.6 Å². The smallest absolute Gasteiger partial charge is 0.143 e. The molecule has 0 spiro atoms. The van der Waals surface area contributed by atoms with Crippen molar-refractivity contribution in [3.63, 3.8) is 0 Å². The molecule has 0 radical (unpaired) electrons. The first kappa shape index (κ1) is 13.2. The van der Waals surface area contributed by atoms with Crippen LogP contribution >= 0.6 is 0 Å². The summed E-state index contributed by atoms with van der Waals surface area (Å²) >= 11 is 0. The van der Waals surface area contributed by atoms with E-state index >= 15 is 0 Å². The van der Waals surface area contributed by atoms with Crippen molar-refractivity contribution in [1.29, 1.82) is 5.26 Å². The van der Waals surface area contributed by atoms with Crippen molar-refractivity contribution < 1.29 is 4.74 Å². The van der Waals surface area contributed by atoms with Crippen LogP contribution in [-0.2, 0) is 0 Å². The van der Waals surface area contributed by atoms with E-state index in [2.05, 4.69) is 24.8 Å². The lowest BCUT2D eigenvalue weighted by atomic mass is 10.2. The summed E-state index contributed by atoms with van der Waals surface area (Å²) in [7, 11) is 1.60. The van der Waals surface area contributed by atoms with Crippen LogP contribution in [0, 0.1) is 11.3 Å². The Morgan fingerprint density at radius 2 is 2.18 bits per heavy atom. The molecule has 0 saturated carbocycles. The van der Waals surface area contributed by atoms with Gasteiger partial charge in [0.1, 0.15) is 5.75 Å². The molecule has 0 unspecified atom stereocenters. The van der Waals surface area contributed by atoms with E-state index in [-0.39, 0.29) is 6.04 Å². The normalized spacial score (nSPS) is 10.1. The lowest BCUT2D eigenvalue weighted by molar-refractivity contribution is 0.417. The molecule has 92 valence electrons. The number of nitrogen functional groups attached to an aromatic ring is 1. The molecule has 0 heterocycles. The van der Waals surface area contributed by atoms with Crippen LogP contribution in [0.5, 0.6) is 5.75 Å². The molecule has 17 heavy (non-hydrogen) atoms. The average Bonchev–Trinajstić information content (AvgIpc) is 2.31. The third-order valence-corrected chi connectivity index (χ3v) is 2.66. The van der Waals surface area contributed by atoms with Gasteiger partial charge in [0.2, 0.25) is 0 Å². The number of hydrogen-bond acceptors (Lipinski definition) is 4. The molecule has 4 nitrogen and oxygen atoms in total. The molecule has 0 aromatic heterocycles. The van der Waals surface area contributed by atoms with Gasteiger partial charge in [-0.25, -0.2) is 0 Å². The van der Waals surface area contributed by atoms with E-state index < -0.39 is 0 Å². The molecule has 0 aliphatic rings. The molecule has 0 saturated heterocycles. The maximum Gasteiger partial charge on any atom is 0.143 e. The summed E-state index contributed by atoms with van der Waals surface area (Å²) in [4.78, 5) is 2.11. The van der Waals surface area contributed by atoms with E-state index in [0.717, 1.165) is 5.69 Å². The third-order valence-electron chi connectivity index (χ3n) is 2.66. The minimum atomic E-state index is 0.290. The number of hydrogen-bond donors (Lipinski definition) is 1. The minimum Gasteiger partial charge on any atom is -0.495 e. The fourth-order valence-corrected chi connectivity index (χ4v) is 1.79. The summed E-state index contributed by atoms with van der Waals surface area (Å²) in [6.45, 7) is 4.83. The molecule has 1 aromatic carbocycles. The number of rotatable bonds is 5. The van der Waals surface area contributed by atoms with Crippen LogP contribution in [0.2, 0.25) is 0 Å². The molecular formula is C13H19N3O. The van der Waals surface area contributed by atoms with Crippen molar-refractivity contribution in [2.45, 2.75) is 26.3 Å². The number of ether oxygens (including phenoxy) is 1. The van der Waals surface area contributed by atoms with Crippen molar-refractivity contribution in [3.05, 3.63) is 18.2 Å². The molecule has 0 aliphatic heterocycles. The maximum atomic E-state index is 8.68. The second-order valence-electron chi connectivity index (χ2n) is 4.09. The Morgan fingerprint density at radius 1 is 1.47 bits per heavy atom. The molecule has 1 rings (SSSR count). The lowest BCUT2D eigenvalue weighted by Gasteiger charge is -2.29. The van der Waals surface area contributed by atoms with Crippen molar-refractivity contribution in [1.82, 2.24) is 0 Å². The second kappa shape index (κ2) is 6.00. The van der Waals surface area contributed by atoms with E-state index in [9.17, 15) is 0 Å². The van der Waals surface area contributed by atoms with Gasteiger partial charge in [-0.15, -0.1) is 0 Å². The number of methoxy groups -OCH3 is 1. The Labute approximate surface area is 103 Å². The molecular weight excluding hydrogens is 214 g/mol. The number of anilines is 2. The van der Waals surface area contributed by atoms with Gasteiger partial charge < -0.3 is 15.4 Å². The van der Waals surface area contributed by atoms with Crippen LogP contribution in [0.15, 0.2) is 18.2 Å². The molecule has 0 atom stereocenters. The predicted octanol–water partition coefficient (Wildman–Crippen LogP) is 2.41. The van der Waals surface area contributed by atoms with Gasteiger partial charge in [-0.1, -0.05) is 6.07 Å². The third kappa shape index (κ3) is 3.04. The molecule has 0 bridgehead atoms. The topological polar surface area (TPSA) is 62.3 Å². The Kier molecular flexibility index (Phi) is 4.65. The van der Waals surface area contributed by atoms with Crippen molar-refractivity contribution in [3.8, 4) is 11.8 Å². The summed E-state index contributed by atoms with van der Waals surface area (Å²) < 4.78 is 5.20. The van der Waals surface area contributed by atoms with Crippen molar-refractivity contribution in [2.24, 2.45) is 0 Å². The summed E-state index contributed by atoms with van der Waals surface area (Å²) in [5.74, 6) is 0.671. The van der Waals surface area contributed by atoms with E-state index in [4.69, 9.17) is 15.7 Å². The van der Waals surface area contributed by atoms with Gasteiger partial charge >= 0.3 is 0 Å². The zero-order chi connectivity index (χ0) is 12.8. The van der Waals surface area contributed by atoms with Gasteiger partial charge in [0.05, 0.1) is 31.0 Å². The standard InChI is InChI=1S/C13H19N3O/c1-10(2)16(9-5-8-14)11-6-4-7-12(17-3)13(11)15/h4,6-7,10H,5,9,15H2,1-3H3. The minimum absolute atomic E-state index is 0.290. The molecule has 1 aromatic rings. The molecule has 2 N–H and O–H groups in total. The summed E-state index contributed by atoms with van der Waals surface area (Å²) in [5, 5.41) is 8.68. The molecule has 4 heteroatoms. The highest BCUT2D eigenvalue weighted by atomic mass is 16.5. The Balaban J connectivity index is 3.06. The molecule has 0 aliphatic carbocycles. The van der Waals surface area contributed by atoms with Crippen molar-refractivity contribution >= 4 is 11.4 Å². The lowest BCUT2D eigenvalue weighted by Crippen LogP contribution is -2.32. The number of nitriles is 1. The molecule has 0 amide bonds. The second-order valence-corrected chi connectivity index (χ2v) is 4.09. The van der Waals surface area contributed by atoms with Crippen molar-refractivity contribution in [2.75, 3.05) is 24.3 Å². The summed E-state index contributed by atoms with van der Waals surface area (Å²) in [6.07, 6.45) is 0.481. The van der Waals surface area contributed by atoms with Gasteiger partial charge in [0.15, 0.2) is 0 Å². The molecule has 0 fully saturated rings. The van der Waals surface area contributed by atoms with Crippen LogP contribution in [0.1, 0.15) is 20.3 Å². The van der Waals surface area contributed by atoms with E-state index in [1.54, 1.807) is 7.11 Å². The SMILES string of the molecule is COc1cccc(N(CCC#N)C(C)C)c1N. The highest BCUT2D eigenvalue weighted by Crippen LogP contribution is 2.33. The summed E-state index contributed by atoms with van der Waals surface area (Å²) in [5.41, 5.74) is 7.61. The number of nitrogens with two attached hydrogens (primary N) is 1. The Morgan fingerprint density at radius 3 is 2.71 bits per heavy atom. The van der Waals surface area contributed by atoms with Gasteiger partial charge in [-0.05, 0) is 26.0 Å². The van der Waals surface area contributed by atoms with Gasteiger partial charge in [-0.2, -0.15) is 5.26 Å². The first-order chi connectivity index (χ1) is 8.11. The zero-order valence-corrected chi connectivity index (χ0v) is 10.6. The number of benzene rings is 1. The fraction of sp³-hybridized carbons (Fsp3) is 0.462. The van der Waals surface area contributed by atoms with Gasteiger partial charge in [-0.3, -0.25) is 0 Å². The van der Waals surface area contributed by atoms with Crippen LogP contribution in [-0.4, -0.2) is 19.7 Å². The number of nitrogens with zero attached hydrogens (tertiary/aromatic N) is 2. The predicted molar refractivity (Wildman–Crippen MR) is 70.1 cm³/mol. The summed E-state index contributed by atoms with van der Waals surface area (Å²) in [6, 6.07) is 8.14. The Hall–Kier alpha value is -1.89. The average molecular weight is 233 g/mol. The van der Waals surface area contributed by atoms with Crippen LogP contribution in [0.25, 0.3) is 0 Å². The van der Waals surface area contributed by atoms with E-state index in [0.29, 0.717) is 24.4 Å². The van der Waals surface area contributed by atoms with E-state index in [1.807, 2.05) is 18.2 Å². The van der Waals surface area contributed by atoms with Gasteiger partial charge in [0.25, 0.3) is 0 Å². The van der Waals surface area contributed by atoms with Crippen LogP contribution in [0.4, 0.5) is 11.4 Å². The Bertz CT molecular complexity index is 410. The number of para-hydroxylation sites is 1. The first-order valence-corrected chi connectivity index (χ1v) is 5.67. The highest BCUT2D eigenvalue weighted by Gasteiger charge is 2.15. The first-order valence-electron chi connectivity index (χ1n) is 5.67. The maximum absolute atomic E-state index is 8.68.